The first kappa shape index (κ1) is 16.8. The molecule has 0 atom stereocenters. The zero-order valence-corrected chi connectivity index (χ0v) is 12.9. The van der Waals surface area contributed by atoms with Gasteiger partial charge in [-0.3, -0.25) is 4.79 Å². The first-order valence-electron chi connectivity index (χ1n) is 7.79. The number of nitrogens with zero attached hydrogens (tertiary/aromatic N) is 2. The highest BCUT2D eigenvalue weighted by molar-refractivity contribution is 5.86. The van der Waals surface area contributed by atoms with Gasteiger partial charge in [0, 0.05) is 24.9 Å². The van der Waals surface area contributed by atoms with Crippen LogP contribution in [0.5, 0.6) is 0 Å². The highest BCUT2D eigenvalue weighted by atomic mass is 16.4. The predicted molar refractivity (Wildman–Crippen MR) is 80.7 cm³/mol. The number of piperidine rings is 1. The van der Waals surface area contributed by atoms with E-state index in [2.05, 4.69) is 12.1 Å². The second-order valence-corrected chi connectivity index (χ2v) is 6.09. The summed E-state index contributed by atoms with van der Waals surface area (Å²) in [5, 5.41) is 11.9. The molecule has 20 heavy (non-hydrogen) atoms. The summed E-state index contributed by atoms with van der Waals surface area (Å²) in [4.78, 5) is 14.0. The molecule has 1 rings (SSSR count). The lowest BCUT2D eigenvalue weighted by molar-refractivity contribution is -0.133. The summed E-state index contributed by atoms with van der Waals surface area (Å²) in [6.45, 7) is 5.60. The van der Waals surface area contributed by atoms with Crippen LogP contribution in [-0.2, 0) is 4.79 Å². The molecule has 1 amide bonds. The minimum atomic E-state index is -0.271. The third-order valence-corrected chi connectivity index (χ3v) is 4.44. The average molecular weight is 283 g/mol. The van der Waals surface area contributed by atoms with E-state index >= 15 is 0 Å². The van der Waals surface area contributed by atoms with Gasteiger partial charge < -0.3 is 15.8 Å². The van der Waals surface area contributed by atoms with Gasteiger partial charge in [-0.05, 0) is 19.3 Å². The molecule has 0 saturated carbocycles. The van der Waals surface area contributed by atoms with E-state index in [-0.39, 0.29) is 17.2 Å². The summed E-state index contributed by atoms with van der Waals surface area (Å²) in [6, 6.07) is 0. The molecule has 0 aromatic rings. The Morgan fingerprint density at radius 1 is 1.25 bits per heavy atom. The fraction of sp³-hybridized carbons (Fsp3) is 0.867. The van der Waals surface area contributed by atoms with Crippen molar-refractivity contribution in [2.75, 3.05) is 13.1 Å². The largest absolute Gasteiger partial charge is 0.409 e. The van der Waals surface area contributed by atoms with Gasteiger partial charge in [-0.1, -0.05) is 44.7 Å². The molecule has 3 N–H and O–H groups in total. The Kier molecular flexibility index (Phi) is 6.82. The molecule has 0 aromatic heterocycles. The van der Waals surface area contributed by atoms with Crippen LogP contribution in [0, 0.1) is 5.41 Å². The molecular weight excluding hydrogens is 254 g/mol. The molecule has 1 fully saturated rings. The van der Waals surface area contributed by atoms with Crippen molar-refractivity contribution in [1.82, 2.24) is 4.90 Å². The van der Waals surface area contributed by atoms with E-state index in [1.807, 2.05) is 11.8 Å². The van der Waals surface area contributed by atoms with Gasteiger partial charge in [-0.15, -0.1) is 0 Å². The summed E-state index contributed by atoms with van der Waals surface area (Å²) in [7, 11) is 0. The first-order chi connectivity index (χ1) is 9.53. The Labute approximate surface area is 122 Å². The molecular formula is C15H29N3O2. The number of unbranched alkanes of at least 4 members (excludes halogenated alkanes) is 4. The van der Waals surface area contributed by atoms with Crippen LogP contribution < -0.4 is 5.73 Å². The Balaban J connectivity index is 2.29. The Hall–Kier alpha value is -1.26. The Bertz CT molecular complexity index is 334. The van der Waals surface area contributed by atoms with Crippen molar-refractivity contribution in [1.29, 1.82) is 0 Å². The monoisotopic (exact) mass is 283 g/mol. The van der Waals surface area contributed by atoms with Crippen molar-refractivity contribution >= 4 is 11.7 Å². The van der Waals surface area contributed by atoms with Crippen LogP contribution in [-0.4, -0.2) is 34.9 Å². The molecule has 5 nitrogen and oxygen atoms in total. The number of hydrogen-bond donors (Lipinski definition) is 2. The fourth-order valence-corrected chi connectivity index (χ4v) is 2.66. The number of amides is 1. The van der Waals surface area contributed by atoms with Gasteiger partial charge >= 0.3 is 0 Å². The maximum Gasteiger partial charge on any atom is 0.222 e. The molecule has 0 spiro atoms. The highest BCUT2D eigenvalue weighted by Gasteiger charge is 2.35. The number of rotatable bonds is 7. The number of oxime groups is 1. The Morgan fingerprint density at radius 3 is 2.40 bits per heavy atom. The third kappa shape index (κ3) is 4.69. The maximum atomic E-state index is 12.1. The molecule has 0 unspecified atom stereocenters. The van der Waals surface area contributed by atoms with Crippen LogP contribution in [0.3, 0.4) is 0 Å². The van der Waals surface area contributed by atoms with Crippen LogP contribution in [0.2, 0.25) is 0 Å². The van der Waals surface area contributed by atoms with Gasteiger partial charge in [0.05, 0.1) is 0 Å². The van der Waals surface area contributed by atoms with E-state index in [0.29, 0.717) is 19.5 Å². The van der Waals surface area contributed by atoms with Crippen LogP contribution in [0.25, 0.3) is 0 Å². The van der Waals surface area contributed by atoms with E-state index < -0.39 is 0 Å². The van der Waals surface area contributed by atoms with E-state index in [1.165, 1.54) is 19.3 Å². The molecule has 1 aliphatic heterocycles. The topological polar surface area (TPSA) is 78.9 Å². The van der Waals surface area contributed by atoms with Crippen molar-refractivity contribution in [3.05, 3.63) is 0 Å². The van der Waals surface area contributed by atoms with Crippen molar-refractivity contribution < 1.29 is 10.0 Å². The normalized spacial score (nSPS) is 19.1. The average Bonchev–Trinajstić information content (AvgIpc) is 2.46. The van der Waals surface area contributed by atoms with Gasteiger partial charge in [-0.2, -0.15) is 0 Å². The minimum absolute atomic E-state index is 0.253. The van der Waals surface area contributed by atoms with Crippen LogP contribution in [0.1, 0.15) is 65.2 Å². The third-order valence-electron chi connectivity index (χ3n) is 4.44. The van der Waals surface area contributed by atoms with Crippen molar-refractivity contribution in [3.8, 4) is 0 Å². The van der Waals surface area contributed by atoms with Crippen molar-refractivity contribution in [2.24, 2.45) is 16.3 Å². The Morgan fingerprint density at radius 2 is 1.85 bits per heavy atom. The standard InChI is InChI=1S/C15H29N3O2/c1-3-4-5-6-7-8-13(19)18-11-9-15(2,10-12-18)14(16)17-20/h20H,3-12H2,1-2H3,(H2,16,17). The lowest BCUT2D eigenvalue weighted by Crippen LogP contribution is -2.47. The predicted octanol–water partition coefficient (Wildman–Crippen LogP) is 2.72. The van der Waals surface area contributed by atoms with Crippen LogP contribution in [0.15, 0.2) is 5.16 Å². The SMILES string of the molecule is CCCCCCCC(=O)N1CCC(C)(C(N)=NO)CC1. The minimum Gasteiger partial charge on any atom is -0.409 e. The molecule has 0 radical (unpaired) electrons. The molecule has 1 heterocycles. The number of carbonyl (C=O) groups excluding carboxylic acids is 1. The second kappa shape index (κ2) is 8.12. The summed E-state index contributed by atoms with van der Waals surface area (Å²) in [5.41, 5.74) is 5.46. The summed E-state index contributed by atoms with van der Waals surface area (Å²) in [5.74, 6) is 0.534. The molecule has 5 heteroatoms. The molecule has 0 aliphatic carbocycles. The van der Waals surface area contributed by atoms with Gasteiger partial charge in [0.2, 0.25) is 5.91 Å². The number of likely N-dealkylation sites (tertiary alicyclic amines) is 1. The molecule has 1 aliphatic rings. The lowest BCUT2D eigenvalue weighted by atomic mass is 9.79. The summed E-state index contributed by atoms with van der Waals surface area (Å²) in [6.07, 6.45) is 8.05. The zero-order valence-electron chi connectivity index (χ0n) is 12.9. The smallest absolute Gasteiger partial charge is 0.222 e. The van der Waals surface area contributed by atoms with E-state index in [4.69, 9.17) is 10.9 Å². The number of hydrogen-bond acceptors (Lipinski definition) is 3. The lowest BCUT2D eigenvalue weighted by Gasteiger charge is -2.38. The number of carbonyl (C=O) groups is 1. The van der Waals surface area contributed by atoms with Crippen LogP contribution in [0.4, 0.5) is 0 Å². The van der Waals surface area contributed by atoms with Gasteiger partial charge in [-0.25, -0.2) is 0 Å². The molecule has 1 saturated heterocycles. The highest BCUT2D eigenvalue weighted by Crippen LogP contribution is 2.31. The molecule has 0 bridgehead atoms. The zero-order chi connectivity index (χ0) is 15.0. The van der Waals surface area contributed by atoms with E-state index in [1.54, 1.807) is 0 Å². The summed E-state index contributed by atoms with van der Waals surface area (Å²) < 4.78 is 0. The number of nitrogens with two attached hydrogens (primary N) is 1. The molecule has 0 aromatic carbocycles. The van der Waals surface area contributed by atoms with E-state index in [9.17, 15) is 4.79 Å². The van der Waals surface area contributed by atoms with Crippen molar-refractivity contribution in [3.63, 3.8) is 0 Å². The molecule has 116 valence electrons. The quantitative estimate of drug-likeness (QED) is 0.248. The van der Waals surface area contributed by atoms with Crippen molar-refractivity contribution in [2.45, 2.75) is 65.2 Å². The van der Waals surface area contributed by atoms with Gasteiger partial charge in [0.1, 0.15) is 5.84 Å². The van der Waals surface area contributed by atoms with Gasteiger partial charge in [0.15, 0.2) is 0 Å². The fourth-order valence-electron chi connectivity index (χ4n) is 2.66. The first-order valence-corrected chi connectivity index (χ1v) is 7.79. The second-order valence-electron chi connectivity index (χ2n) is 6.09. The van der Waals surface area contributed by atoms with Crippen LogP contribution >= 0.6 is 0 Å². The summed E-state index contributed by atoms with van der Waals surface area (Å²) >= 11 is 0. The maximum absolute atomic E-state index is 12.1. The van der Waals surface area contributed by atoms with E-state index in [0.717, 1.165) is 25.7 Å². The number of amidine groups is 1. The van der Waals surface area contributed by atoms with Gasteiger partial charge in [0.25, 0.3) is 0 Å².